The second kappa shape index (κ2) is 7.03. The first-order valence-electron chi connectivity index (χ1n) is 10.5. The van der Waals surface area contributed by atoms with E-state index in [4.69, 9.17) is 0 Å². The molecule has 0 aliphatic heterocycles. The number of Topliss-reactive ketones (excluding diaryl/α,β-unsaturated/α-hetero) is 3. The fraction of sp³-hybridized carbons (Fsp3) is 0.522. The van der Waals surface area contributed by atoms with Gasteiger partial charge in [0.25, 0.3) is 0 Å². The molecule has 4 N–H and O–H groups in total. The molecule has 3 aliphatic rings. The van der Waals surface area contributed by atoms with Crippen LogP contribution in [0.4, 0.5) is 0 Å². The molecule has 0 amide bonds. The average molecular weight is 414 g/mol. The molecule has 3 aliphatic carbocycles. The molecule has 0 aromatic heterocycles. The fourth-order valence-corrected chi connectivity index (χ4v) is 5.49. The summed E-state index contributed by atoms with van der Waals surface area (Å²) in [4.78, 5) is 38.7. The molecule has 0 heterocycles. The zero-order valence-electron chi connectivity index (χ0n) is 17.0. The number of rotatable bonds is 3. The summed E-state index contributed by atoms with van der Waals surface area (Å²) in [5.74, 6) is -5.67. The van der Waals surface area contributed by atoms with Gasteiger partial charge in [0, 0.05) is 17.9 Å². The molecular weight excluding hydrogens is 388 g/mol. The summed E-state index contributed by atoms with van der Waals surface area (Å²) in [7, 11) is 0. The first-order valence-corrected chi connectivity index (χ1v) is 10.5. The Balaban J connectivity index is 1.85. The monoisotopic (exact) mass is 414 g/mol. The van der Waals surface area contributed by atoms with Crippen molar-refractivity contribution in [3.05, 3.63) is 34.4 Å². The maximum absolute atomic E-state index is 13.4. The Bertz CT molecular complexity index is 992. The third-order valence-corrected chi connectivity index (χ3v) is 7.11. The minimum atomic E-state index is -2.45. The number of phenols is 1. The Morgan fingerprint density at radius 3 is 2.50 bits per heavy atom. The van der Waals surface area contributed by atoms with E-state index in [0.717, 1.165) is 0 Å². The molecule has 0 bridgehead atoms. The number of aryl methyl sites for hydroxylation is 1. The molecule has 1 aromatic carbocycles. The van der Waals surface area contributed by atoms with Gasteiger partial charge < -0.3 is 20.4 Å². The Morgan fingerprint density at radius 1 is 1.17 bits per heavy atom. The summed E-state index contributed by atoms with van der Waals surface area (Å²) in [6, 6.07) is 3.59. The number of phenolic OH excluding ortho intramolecular Hbond substituents is 1. The van der Waals surface area contributed by atoms with Crippen molar-refractivity contribution in [2.75, 3.05) is 0 Å². The number of hydrogen-bond acceptors (Lipinski definition) is 7. The van der Waals surface area contributed by atoms with Crippen molar-refractivity contribution in [2.24, 2.45) is 17.8 Å². The van der Waals surface area contributed by atoms with Gasteiger partial charge in [-0.05, 0) is 42.7 Å². The number of ketones is 3. The van der Waals surface area contributed by atoms with Crippen LogP contribution in [0.1, 0.15) is 49.8 Å². The maximum Gasteiger partial charge on any atom is 0.202 e. The van der Waals surface area contributed by atoms with Crippen LogP contribution in [0.3, 0.4) is 0 Å². The minimum Gasteiger partial charge on any atom is -0.507 e. The van der Waals surface area contributed by atoms with Crippen molar-refractivity contribution in [3.8, 4) is 5.75 Å². The van der Waals surface area contributed by atoms with E-state index < -0.39 is 52.6 Å². The number of aromatic hydroxyl groups is 1. The second-order valence-electron chi connectivity index (χ2n) is 8.62. The lowest BCUT2D eigenvalue weighted by Crippen LogP contribution is -2.66. The highest BCUT2D eigenvalue weighted by atomic mass is 16.3. The number of hydrogen-bond donors (Lipinski definition) is 4. The lowest BCUT2D eigenvalue weighted by atomic mass is 9.56. The summed E-state index contributed by atoms with van der Waals surface area (Å²) >= 11 is 0. The van der Waals surface area contributed by atoms with E-state index in [0.29, 0.717) is 24.0 Å². The molecule has 30 heavy (non-hydrogen) atoms. The molecule has 160 valence electrons. The van der Waals surface area contributed by atoms with Gasteiger partial charge in [-0.3, -0.25) is 14.4 Å². The van der Waals surface area contributed by atoms with Gasteiger partial charge in [0.05, 0.1) is 11.7 Å². The predicted molar refractivity (Wildman–Crippen MR) is 107 cm³/mol. The van der Waals surface area contributed by atoms with Crippen LogP contribution in [0.15, 0.2) is 17.7 Å². The van der Waals surface area contributed by atoms with E-state index in [1.54, 1.807) is 13.0 Å². The number of carbonyl (C=O) groups is 3. The SMILES string of the molecule is CCC(=O)C1C(=O)C2(O)C(=O)C3=C(O)c4c(ccc(CC)c4O)CC3CC2CC1O. The number of aliphatic hydroxyl groups is 3. The van der Waals surface area contributed by atoms with Crippen molar-refractivity contribution in [1.82, 2.24) is 0 Å². The quantitative estimate of drug-likeness (QED) is 0.553. The normalized spacial score (nSPS) is 33.1. The van der Waals surface area contributed by atoms with Gasteiger partial charge in [0.2, 0.25) is 5.78 Å². The molecule has 5 atom stereocenters. The number of aliphatic hydroxyl groups excluding tert-OH is 2. The molecule has 7 heteroatoms. The van der Waals surface area contributed by atoms with E-state index in [1.165, 1.54) is 0 Å². The summed E-state index contributed by atoms with van der Waals surface area (Å²) in [5, 5.41) is 43.2. The Labute approximate surface area is 174 Å². The van der Waals surface area contributed by atoms with Crippen molar-refractivity contribution >= 4 is 23.1 Å². The summed E-state index contributed by atoms with van der Waals surface area (Å²) in [6.07, 6.45) is -0.169. The van der Waals surface area contributed by atoms with Crippen LogP contribution in [-0.4, -0.2) is 49.5 Å². The van der Waals surface area contributed by atoms with Crippen molar-refractivity contribution < 1.29 is 34.8 Å². The zero-order valence-corrected chi connectivity index (χ0v) is 17.0. The molecule has 1 aromatic rings. The highest BCUT2D eigenvalue weighted by Crippen LogP contribution is 2.51. The van der Waals surface area contributed by atoms with Crippen LogP contribution >= 0.6 is 0 Å². The van der Waals surface area contributed by atoms with E-state index in [2.05, 4.69) is 0 Å². The fourth-order valence-electron chi connectivity index (χ4n) is 5.49. The second-order valence-corrected chi connectivity index (χ2v) is 8.62. The third-order valence-electron chi connectivity index (χ3n) is 7.11. The largest absolute Gasteiger partial charge is 0.507 e. The van der Waals surface area contributed by atoms with Gasteiger partial charge in [0.15, 0.2) is 11.4 Å². The molecular formula is C23H26O7. The van der Waals surface area contributed by atoms with E-state index in [1.807, 2.05) is 13.0 Å². The van der Waals surface area contributed by atoms with E-state index in [9.17, 15) is 34.8 Å². The van der Waals surface area contributed by atoms with Crippen LogP contribution in [0.25, 0.3) is 5.76 Å². The summed E-state index contributed by atoms with van der Waals surface area (Å²) < 4.78 is 0. The minimum absolute atomic E-state index is 0.0000175. The number of benzene rings is 1. The molecule has 2 fully saturated rings. The first kappa shape index (κ1) is 20.8. The van der Waals surface area contributed by atoms with Crippen LogP contribution in [0.5, 0.6) is 5.75 Å². The average Bonchev–Trinajstić information content (AvgIpc) is 2.70. The molecule has 0 saturated heterocycles. The zero-order chi connectivity index (χ0) is 22.0. The van der Waals surface area contributed by atoms with E-state index >= 15 is 0 Å². The van der Waals surface area contributed by atoms with Gasteiger partial charge >= 0.3 is 0 Å². The van der Waals surface area contributed by atoms with Gasteiger partial charge in [0.1, 0.15) is 23.2 Å². The maximum atomic E-state index is 13.4. The molecule has 5 unspecified atom stereocenters. The highest BCUT2D eigenvalue weighted by molar-refractivity contribution is 6.25. The van der Waals surface area contributed by atoms with Gasteiger partial charge in [-0.25, -0.2) is 0 Å². The summed E-state index contributed by atoms with van der Waals surface area (Å²) in [5.41, 5.74) is -1.05. The molecule has 7 nitrogen and oxygen atoms in total. The molecule has 2 saturated carbocycles. The van der Waals surface area contributed by atoms with Gasteiger partial charge in [-0.2, -0.15) is 0 Å². The van der Waals surface area contributed by atoms with Crippen LogP contribution in [0, 0.1) is 17.8 Å². The molecule has 0 spiro atoms. The van der Waals surface area contributed by atoms with Gasteiger partial charge in [-0.1, -0.05) is 26.0 Å². The van der Waals surface area contributed by atoms with Crippen molar-refractivity contribution in [2.45, 2.75) is 57.7 Å². The molecule has 0 radical (unpaired) electrons. The lowest BCUT2D eigenvalue weighted by molar-refractivity contribution is -0.174. The number of fused-ring (bicyclic) bond motifs is 3. The highest BCUT2D eigenvalue weighted by Gasteiger charge is 2.63. The van der Waals surface area contributed by atoms with Gasteiger partial charge in [-0.15, -0.1) is 0 Å². The topological polar surface area (TPSA) is 132 Å². The predicted octanol–water partition coefficient (Wildman–Crippen LogP) is 1.65. The smallest absolute Gasteiger partial charge is 0.202 e. The van der Waals surface area contributed by atoms with Crippen LogP contribution in [0.2, 0.25) is 0 Å². The Kier molecular flexibility index (Phi) is 4.86. The van der Waals surface area contributed by atoms with Crippen molar-refractivity contribution in [3.63, 3.8) is 0 Å². The van der Waals surface area contributed by atoms with Crippen LogP contribution in [-0.2, 0) is 27.2 Å². The summed E-state index contributed by atoms with van der Waals surface area (Å²) in [6.45, 7) is 3.41. The van der Waals surface area contributed by atoms with Crippen LogP contribution < -0.4 is 0 Å². The number of carbonyl (C=O) groups excluding carboxylic acids is 3. The lowest BCUT2D eigenvalue weighted by Gasteiger charge is -2.48. The standard InChI is InChI=1S/C23H26O7/c1-3-10-5-6-11-7-12-8-13-9-15(25)18(14(24)4-2)22(29)23(13,30)21(28)17(12)20(27)16(11)19(10)26/h5-6,12-13,15,18,25-27,30H,3-4,7-9H2,1-2H3. The third kappa shape index (κ3) is 2.61. The Hall–Kier alpha value is -2.51. The van der Waals surface area contributed by atoms with Crippen molar-refractivity contribution in [1.29, 1.82) is 0 Å². The van der Waals surface area contributed by atoms with E-state index in [-0.39, 0.29) is 36.1 Å². The Morgan fingerprint density at radius 2 is 1.87 bits per heavy atom. The molecule has 4 rings (SSSR count). The first-order chi connectivity index (χ1) is 14.2.